The van der Waals surface area contributed by atoms with Gasteiger partial charge >= 0.3 is 6.03 Å². The first kappa shape index (κ1) is 29.3. The number of nitrogens with one attached hydrogen (secondary N) is 4. The Balaban J connectivity index is 1.69. The Morgan fingerprint density at radius 2 is 1.79 bits per heavy atom. The summed E-state index contributed by atoms with van der Waals surface area (Å²) in [7, 11) is 7.01. The average Bonchev–Trinajstić information content (AvgIpc) is 2.91. The second-order valence-corrected chi connectivity index (χ2v) is 10.3. The number of hydrogen-bond acceptors (Lipinski definition) is 6. The SMILES string of the molecule is CNC(=O)NC(C)Cc1cc(OC)c(OC)cc1C(=N)c1ccc(NCCC2CCCCN(C)CC2)cc1. The number of rotatable bonds is 11. The molecular formula is C30H45N5O3. The van der Waals surface area contributed by atoms with Crippen LogP contribution in [0.15, 0.2) is 36.4 Å². The van der Waals surface area contributed by atoms with Crippen LogP contribution in [0.2, 0.25) is 0 Å². The highest BCUT2D eigenvalue weighted by molar-refractivity contribution is 6.12. The fraction of sp³-hybridized carbons (Fsp3) is 0.533. The molecule has 3 rings (SSSR count). The van der Waals surface area contributed by atoms with Gasteiger partial charge in [0.1, 0.15) is 0 Å². The summed E-state index contributed by atoms with van der Waals surface area (Å²) in [6, 6.07) is 11.4. The predicted molar refractivity (Wildman–Crippen MR) is 155 cm³/mol. The molecule has 2 amide bonds. The lowest BCUT2D eigenvalue weighted by atomic mass is 9.93. The van der Waals surface area contributed by atoms with E-state index in [1.54, 1.807) is 21.3 Å². The number of ether oxygens (including phenoxy) is 2. The Morgan fingerprint density at radius 1 is 1.08 bits per heavy atom. The van der Waals surface area contributed by atoms with Crippen LogP contribution in [-0.4, -0.2) is 70.6 Å². The molecule has 0 aromatic heterocycles. The third-order valence-corrected chi connectivity index (χ3v) is 7.39. The maximum Gasteiger partial charge on any atom is 0.314 e. The maximum atomic E-state index is 11.8. The van der Waals surface area contributed by atoms with E-state index in [4.69, 9.17) is 14.9 Å². The molecule has 1 saturated heterocycles. The van der Waals surface area contributed by atoms with Crippen molar-refractivity contribution in [2.75, 3.05) is 53.3 Å². The van der Waals surface area contributed by atoms with Gasteiger partial charge in [0.25, 0.3) is 0 Å². The summed E-state index contributed by atoms with van der Waals surface area (Å²) in [6.45, 7) is 5.32. The first-order chi connectivity index (χ1) is 18.3. The molecule has 0 saturated carbocycles. The number of carbonyl (C=O) groups is 1. The zero-order chi connectivity index (χ0) is 27.5. The molecule has 2 atom stereocenters. The molecule has 1 aliphatic rings. The fourth-order valence-electron chi connectivity index (χ4n) is 5.09. The van der Waals surface area contributed by atoms with Crippen LogP contribution < -0.4 is 25.4 Å². The number of carbonyl (C=O) groups excluding carboxylic acids is 1. The van der Waals surface area contributed by atoms with Crippen LogP contribution >= 0.6 is 0 Å². The van der Waals surface area contributed by atoms with Crippen LogP contribution in [0.25, 0.3) is 0 Å². The van der Waals surface area contributed by atoms with Crippen molar-refractivity contribution >= 4 is 17.4 Å². The topological polar surface area (TPSA) is 98.7 Å². The van der Waals surface area contributed by atoms with Gasteiger partial charge in [0.2, 0.25) is 0 Å². The summed E-state index contributed by atoms with van der Waals surface area (Å²) < 4.78 is 11.0. The van der Waals surface area contributed by atoms with Crippen molar-refractivity contribution in [3.05, 3.63) is 53.1 Å². The van der Waals surface area contributed by atoms with Gasteiger partial charge in [-0.25, -0.2) is 4.79 Å². The Hall–Kier alpha value is -3.26. The Kier molecular flexibility index (Phi) is 11.3. The number of methoxy groups -OCH3 is 2. The second kappa shape index (κ2) is 14.6. The molecule has 4 N–H and O–H groups in total. The molecule has 0 radical (unpaired) electrons. The number of nitrogens with zero attached hydrogens (tertiary/aromatic N) is 1. The van der Waals surface area contributed by atoms with Crippen molar-refractivity contribution in [2.24, 2.45) is 5.92 Å². The Labute approximate surface area is 228 Å². The molecule has 2 aromatic rings. The highest BCUT2D eigenvalue weighted by Gasteiger charge is 2.19. The highest BCUT2D eigenvalue weighted by atomic mass is 16.5. The van der Waals surface area contributed by atoms with Crippen LogP contribution in [0.3, 0.4) is 0 Å². The van der Waals surface area contributed by atoms with Gasteiger partial charge in [0.05, 0.1) is 19.9 Å². The fourth-order valence-corrected chi connectivity index (χ4v) is 5.09. The molecule has 2 unspecified atom stereocenters. The third-order valence-electron chi connectivity index (χ3n) is 7.39. The standard InChI is InChI=1S/C30H45N5O3/c1-21(34-30(36)32-2)18-24-19-27(37-4)28(38-5)20-26(24)29(31)23-9-11-25(12-10-23)33-15-13-22-8-6-7-16-35(3)17-14-22/h9-12,19-22,31,33H,6-8,13-18H2,1-5H3,(H2,32,34,36). The number of anilines is 1. The Morgan fingerprint density at radius 3 is 2.47 bits per heavy atom. The van der Waals surface area contributed by atoms with E-state index in [9.17, 15) is 4.79 Å². The zero-order valence-electron chi connectivity index (χ0n) is 23.7. The smallest absolute Gasteiger partial charge is 0.314 e. The van der Waals surface area contributed by atoms with E-state index < -0.39 is 0 Å². The molecule has 1 heterocycles. The second-order valence-electron chi connectivity index (χ2n) is 10.3. The van der Waals surface area contributed by atoms with E-state index in [1.807, 2.05) is 43.3 Å². The monoisotopic (exact) mass is 523 g/mol. The largest absolute Gasteiger partial charge is 0.493 e. The van der Waals surface area contributed by atoms with Gasteiger partial charge in [0.15, 0.2) is 11.5 Å². The van der Waals surface area contributed by atoms with Crippen molar-refractivity contribution in [1.82, 2.24) is 15.5 Å². The molecule has 2 aromatic carbocycles. The summed E-state index contributed by atoms with van der Waals surface area (Å²) in [5.74, 6) is 1.95. The Bertz CT molecular complexity index is 1060. The minimum Gasteiger partial charge on any atom is -0.493 e. The molecular weight excluding hydrogens is 478 g/mol. The molecule has 0 aliphatic carbocycles. The molecule has 208 valence electrons. The van der Waals surface area contributed by atoms with Gasteiger partial charge in [-0.05, 0) is 88.5 Å². The molecule has 0 bridgehead atoms. The van der Waals surface area contributed by atoms with Crippen molar-refractivity contribution in [1.29, 1.82) is 5.41 Å². The number of benzene rings is 2. The molecule has 1 aliphatic heterocycles. The molecule has 1 fully saturated rings. The van der Waals surface area contributed by atoms with Crippen molar-refractivity contribution < 1.29 is 14.3 Å². The van der Waals surface area contributed by atoms with Gasteiger partial charge in [-0.2, -0.15) is 0 Å². The van der Waals surface area contributed by atoms with Gasteiger partial charge in [-0.3, -0.25) is 5.41 Å². The van der Waals surface area contributed by atoms with Gasteiger partial charge < -0.3 is 30.3 Å². The summed E-state index contributed by atoms with van der Waals surface area (Å²) in [6.07, 6.45) is 6.96. The number of likely N-dealkylation sites (tertiary alicyclic amines) is 1. The third kappa shape index (κ3) is 8.38. The van der Waals surface area contributed by atoms with Crippen molar-refractivity contribution in [2.45, 2.75) is 51.5 Å². The van der Waals surface area contributed by atoms with E-state index in [0.29, 0.717) is 23.6 Å². The lowest BCUT2D eigenvalue weighted by molar-refractivity contribution is 0.240. The first-order valence-electron chi connectivity index (χ1n) is 13.7. The van der Waals surface area contributed by atoms with Crippen molar-refractivity contribution in [3.8, 4) is 11.5 Å². The lowest BCUT2D eigenvalue weighted by Crippen LogP contribution is -2.40. The van der Waals surface area contributed by atoms with Crippen molar-refractivity contribution in [3.63, 3.8) is 0 Å². The van der Waals surface area contributed by atoms with Gasteiger partial charge in [0, 0.05) is 36.4 Å². The van der Waals surface area contributed by atoms with Crippen LogP contribution in [0.5, 0.6) is 11.5 Å². The minimum atomic E-state index is -0.237. The number of amides is 2. The molecule has 8 nitrogen and oxygen atoms in total. The molecule has 38 heavy (non-hydrogen) atoms. The van der Waals surface area contributed by atoms with E-state index >= 15 is 0 Å². The summed E-state index contributed by atoms with van der Waals surface area (Å²) >= 11 is 0. The van der Waals surface area contributed by atoms with Gasteiger partial charge in [-0.1, -0.05) is 25.0 Å². The van der Waals surface area contributed by atoms with E-state index in [0.717, 1.165) is 34.8 Å². The van der Waals surface area contributed by atoms with Crippen LogP contribution in [0.1, 0.15) is 55.7 Å². The van der Waals surface area contributed by atoms with Crippen LogP contribution in [0.4, 0.5) is 10.5 Å². The summed E-state index contributed by atoms with van der Waals surface area (Å²) in [4.78, 5) is 14.3. The van der Waals surface area contributed by atoms with Crippen LogP contribution in [0, 0.1) is 11.3 Å². The summed E-state index contributed by atoms with van der Waals surface area (Å²) in [5.41, 5.74) is 3.95. The number of urea groups is 1. The van der Waals surface area contributed by atoms with Crippen LogP contribution in [-0.2, 0) is 6.42 Å². The normalized spacial score (nSPS) is 17.0. The highest BCUT2D eigenvalue weighted by Crippen LogP contribution is 2.32. The lowest BCUT2D eigenvalue weighted by Gasteiger charge is -2.25. The predicted octanol–water partition coefficient (Wildman–Crippen LogP) is 4.90. The van der Waals surface area contributed by atoms with Gasteiger partial charge in [-0.15, -0.1) is 0 Å². The zero-order valence-corrected chi connectivity index (χ0v) is 23.7. The maximum absolute atomic E-state index is 11.8. The first-order valence-corrected chi connectivity index (χ1v) is 13.7. The minimum absolute atomic E-state index is 0.135. The average molecular weight is 524 g/mol. The van der Waals surface area contributed by atoms with E-state index in [1.165, 1.54) is 45.2 Å². The molecule has 0 spiro atoms. The molecule has 8 heteroatoms. The number of hydrogen-bond donors (Lipinski definition) is 4. The quantitative estimate of drug-likeness (QED) is 0.314. The summed E-state index contributed by atoms with van der Waals surface area (Å²) in [5, 5.41) is 18.1. The van der Waals surface area contributed by atoms with E-state index in [-0.39, 0.29) is 12.1 Å². The van der Waals surface area contributed by atoms with E-state index in [2.05, 4.69) is 27.9 Å².